The van der Waals surface area contributed by atoms with E-state index in [4.69, 9.17) is 9.47 Å². The first-order chi connectivity index (χ1) is 7.19. The third-order valence-electron chi connectivity index (χ3n) is 1.82. The van der Waals surface area contributed by atoms with Crippen LogP contribution in [0, 0.1) is 10.1 Å². The van der Waals surface area contributed by atoms with Gasteiger partial charge in [-0.3, -0.25) is 10.1 Å². The van der Waals surface area contributed by atoms with Crippen molar-refractivity contribution in [2.24, 2.45) is 0 Å². The highest BCUT2D eigenvalue weighted by atomic mass is 16.6. The van der Waals surface area contributed by atoms with Gasteiger partial charge in [0.25, 0.3) is 5.69 Å². The fourth-order valence-corrected chi connectivity index (χ4v) is 1.09. The van der Waals surface area contributed by atoms with Gasteiger partial charge >= 0.3 is 0 Å². The van der Waals surface area contributed by atoms with Crippen LogP contribution in [0.25, 0.3) is 6.08 Å². The van der Waals surface area contributed by atoms with Gasteiger partial charge in [-0.05, 0) is 18.2 Å². The summed E-state index contributed by atoms with van der Waals surface area (Å²) in [5.41, 5.74) is 0.463. The second-order valence-electron chi connectivity index (χ2n) is 2.72. The normalized spacial score (nSPS) is 10.3. The summed E-state index contributed by atoms with van der Waals surface area (Å²) in [6.07, 6.45) is 2.91. The molecule has 80 valence electrons. The van der Waals surface area contributed by atoms with E-state index in [2.05, 4.69) is 0 Å². The maximum Gasteiger partial charge on any atom is 0.280 e. The molecule has 0 unspecified atom stereocenters. The van der Waals surface area contributed by atoms with Gasteiger partial charge in [0.1, 0.15) is 5.75 Å². The number of ether oxygens (including phenoxy) is 2. The molecule has 0 aliphatic carbocycles. The first-order valence-electron chi connectivity index (χ1n) is 4.21. The molecule has 1 aromatic carbocycles. The fraction of sp³-hybridized carbons (Fsp3) is 0.200. The molecule has 0 N–H and O–H groups in total. The topological polar surface area (TPSA) is 61.6 Å². The van der Waals surface area contributed by atoms with E-state index in [1.54, 1.807) is 12.1 Å². The van der Waals surface area contributed by atoms with Crippen molar-refractivity contribution in [3.63, 3.8) is 0 Å². The molecule has 15 heavy (non-hydrogen) atoms. The molecule has 0 bridgehead atoms. The molecule has 0 aliphatic heterocycles. The molecule has 0 atom stereocenters. The molecule has 5 nitrogen and oxygen atoms in total. The Morgan fingerprint density at radius 1 is 1.40 bits per heavy atom. The zero-order chi connectivity index (χ0) is 11.3. The summed E-state index contributed by atoms with van der Waals surface area (Å²) in [5.74, 6) is 0.455. The van der Waals surface area contributed by atoms with Crippen molar-refractivity contribution in [3.8, 4) is 5.75 Å². The van der Waals surface area contributed by atoms with Crippen LogP contribution in [-0.4, -0.2) is 19.1 Å². The van der Waals surface area contributed by atoms with Crippen molar-refractivity contribution >= 4 is 11.8 Å². The number of hydrogen-bond donors (Lipinski definition) is 0. The van der Waals surface area contributed by atoms with Crippen LogP contribution in [0.4, 0.5) is 5.69 Å². The summed E-state index contributed by atoms with van der Waals surface area (Å²) in [4.78, 5) is 10.3. The van der Waals surface area contributed by atoms with Gasteiger partial charge < -0.3 is 9.47 Å². The predicted molar refractivity (Wildman–Crippen MR) is 55.7 cm³/mol. The van der Waals surface area contributed by atoms with Crippen molar-refractivity contribution in [1.82, 2.24) is 0 Å². The monoisotopic (exact) mass is 209 g/mol. The zero-order valence-corrected chi connectivity index (χ0v) is 8.47. The van der Waals surface area contributed by atoms with E-state index in [1.165, 1.54) is 32.6 Å². The van der Waals surface area contributed by atoms with Crippen molar-refractivity contribution in [1.29, 1.82) is 0 Å². The number of nitro benzene ring substituents is 1. The number of hydrogen-bond acceptors (Lipinski definition) is 4. The second-order valence-corrected chi connectivity index (χ2v) is 2.72. The number of nitro groups is 1. The smallest absolute Gasteiger partial charge is 0.280 e. The minimum atomic E-state index is -0.460. The maximum absolute atomic E-state index is 10.7. The first-order valence-corrected chi connectivity index (χ1v) is 4.21. The van der Waals surface area contributed by atoms with E-state index in [9.17, 15) is 10.1 Å². The zero-order valence-electron chi connectivity index (χ0n) is 8.47. The van der Waals surface area contributed by atoms with Crippen molar-refractivity contribution in [2.75, 3.05) is 14.2 Å². The molecule has 5 heteroatoms. The predicted octanol–water partition coefficient (Wildman–Crippen LogP) is 2.22. The molecule has 1 rings (SSSR count). The lowest BCUT2D eigenvalue weighted by atomic mass is 10.1. The average molecular weight is 209 g/mol. The van der Waals surface area contributed by atoms with E-state index >= 15 is 0 Å². The summed E-state index contributed by atoms with van der Waals surface area (Å²) >= 11 is 0. The molecule has 0 spiro atoms. The Morgan fingerprint density at radius 3 is 2.67 bits per heavy atom. The van der Waals surface area contributed by atoms with Crippen LogP contribution in [0.2, 0.25) is 0 Å². The lowest BCUT2D eigenvalue weighted by Crippen LogP contribution is -1.93. The van der Waals surface area contributed by atoms with Crippen LogP contribution < -0.4 is 4.74 Å². The van der Waals surface area contributed by atoms with Crippen molar-refractivity contribution in [3.05, 3.63) is 40.1 Å². The van der Waals surface area contributed by atoms with E-state index in [0.717, 1.165) is 0 Å². The van der Waals surface area contributed by atoms with Crippen LogP contribution in [0.5, 0.6) is 5.75 Å². The summed E-state index contributed by atoms with van der Waals surface area (Å²) in [7, 11) is 2.94. The molecule has 0 radical (unpaired) electrons. The SMILES string of the molecule is COC=Cc1ccc(OC)cc1[N+](=O)[O-]. The van der Waals surface area contributed by atoms with Gasteiger partial charge in [0, 0.05) is 0 Å². The largest absolute Gasteiger partial charge is 0.504 e. The Balaban J connectivity index is 3.15. The van der Waals surface area contributed by atoms with Crippen LogP contribution in [-0.2, 0) is 4.74 Å². The van der Waals surface area contributed by atoms with Gasteiger partial charge in [-0.2, -0.15) is 0 Å². The summed E-state index contributed by atoms with van der Waals surface area (Å²) in [6, 6.07) is 4.63. The van der Waals surface area contributed by atoms with Crippen LogP contribution in [0.3, 0.4) is 0 Å². The Hall–Kier alpha value is -2.04. The Morgan fingerprint density at radius 2 is 2.13 bits per heavy atom. The number of methoxy groups -OCH3 is 2. The maximum atomic E-state index is 10.7. The van der Waals surface area contributed by atoms with Crippen LogP contribution in [0.15, 0.2) is 24.5 Å². The third-order valence-corrected chi connectivity index (χ3v) is 1.82. The number of benzene rings is 1. The van der Waals surface area contributed by atoms with Gasteiger partial charge in [0.15, 0.2) is 0 Å². The first kappa shape index (κ1) is 11.0. The molecule has 0 fully saturated rings. The summed E-state index contributed by atoms with van der Waals surface area (Å²) < 4.78 is 9.61. The highest BCUT2D eigenvalue weighted by molar-refractivity contribution is 5.62. The fourth-order valence-electron chi connectivity index (χ4n) is 1.09. The molecule has 0 aliphatic rings. The Bertz CT molecular complexity index is 387. The van der Waals surface area contributed by atoms with Crippen LogP contribution in [0.1, 0.15) is 5.56 Å². The molecule has 1 aromatic rings. The van der Waals surface area contributed by atoms with E-state index < -0.39 is 4.92 Å². The van der Waals surface area contributed by atoms with Gasteiger partial charge in [0.2, 0.25) is 0 Å². The standard InChI is InChI=1S/C10H11NO4/c1-14-6-5-8-3-4-9(15-2)7-10(8)11(12)13/h3-7H,1-2H3. The third kappa shape index (κ3) is 2.70. The molecule has 0 aromatic heterocycles. The molecule has 0 saturated heterocycles. The number of rotatable bonds is 4. The van der Waals surface area contributed by atoms with E-state index in [1.807, 2.05) is 0 Å². The minimum absolute atomic E-state index is 0.0114. The highest BCUT2D eigenvalue weighted by Gasteiger charge is 2.12. The molecular formula is C10H11NO4. The second kappa shape index (κ2) is 4.99. The lowest BCUT2D eigenvalue weighted by Gasteiger charge is -2.01. The van der Waals surface area contributed by atoms with Gasteiger partial charge in [-0.1, -0.05) is 0 Å². The Labute approximate surface area is 87.1 Å². The number of nitrogens with zero attached hydrogens (tertiary/aromatic N) is 1. The Kier molecular flexibility index (Phi) is 3.68. The molecule has 0 saturated carbocycles. The van der Waals surface area contributed by atoms with Gasteiger partial charge in [0.05, 0.1) is 37.0 Å². The lowest BCUT2D eigenvalue weighted by molar-refractivity contribution is -0.385. The van der Waals surface area contributed by atoms with Gasteiger partial charge in [-0.15, -0.1) is 0 Å². The molecule has 0 heterocycles. The highest BCUT2D eigenvalue weighted by Crippen LogP contribution is 2.25. The van der Waals surface area contributed by atoms with Crippen LogP contribution >= 0.6 is 0 Å². The van der Waals surface area contributed by atoms with Crippen molar-refractivity contribution in [2.45, 2.75) is 0 Å². The average Bonchev–Trinajstić information content (AvgIpc) is 2.26. The van der Waals surface area contributed by atoms with Crippen molar-refractivity contribution < 1.29 is 14.4 Å². The van der Waals surface area contributed by atoms with E-state index in [-0.39, 0.29) is 5.69 Å². The van der Waals surface area contributed by atoms with Gasteiger partial charge in [-0.25, -0.2) is 0 Å². The molecular weight excluding hydrogens is 198 g/mol. The summed E-state index contributed by atoms with van der Waals surface area (Å²) in [6.45, 7) is 0. The minimum Gasteiger partial charge on any atom is -0.504 e. The molecule has 0 amide bonds. The van der Waals surface area contributed by atoms with E-state index in [0.29, 0.717) is 11.3 Å². The quantitative estimate of drug-likeness (QED) is 0.433. The summed E-state index contributed by atoms with van der Waals surface area (Å²) in [5, 5.41) is 10.7.